The summed E-state index contributed by atoms with van der Waals surface area (Å²) >= 11 is 0. The summed E-state index contributed by atoms with van der Waals surface area (Å²) in [5.41, 5.74) is 4.77. The Balaban J connectivity index is 1.52. The molecule has 1 saturated heterocycles. The average Bonchev–Trinajstić information content (AvgIpc) is 3.33. The van der Waals surface area contributed by atoms with Gasteiger partial charge in [-0.3, -0.25) is 9.59 Å². The lowest BCUT2D eigenvalue weighted by atomic mass is 10.0. The van der Waals surface area contributed by atoms with Gasteiger partial charge in [0.15, 0.2) is 0 Å². The third-order valence-corrected chi connectivity index (χ3v) is 7.00. The van der Waals surface area contributed by atoms with Crippen molar-refractivity contribution in [2.24, 2.45) is 0 Å². The predicted molar refractivity (Wildman–Crippen MR) is 149 cm³/mol. The van der Waals surface area contributed by atoms with Crippen LogP contribution < -0.4 is 5.32 Å². The zero-order valence-corrected chi connectivity index (χ0v) is 21.7. The standard InChI is InChI=1S/C31H30N4O4/c1-22-19-26(28(24-13-7-3-8-14-24)35(22)25-15-9-4-10-16-25)30(37)34-18-17-33(31(38)39)21-27(34)29(36)32-20-23-11-5-2-6-12-23/h2-16,19,27H,17-18,20-21H2,1H3,(H,32,36)(H,38,39). The first-order chi connectivity index (χ1) is 18.9. The molecule has 0 radical (unpaired) electrons. The Labute approximate surface area is 227 Å². The smallest absolute Gasteiger partial charge is 0.407 e. The molecule has 0 aliphatic carbocycles. The van der Waals surface area contributed by atoms with Crippen LogP contribution in [-0.4, -0.2) is 63.1 Å². The molecule has 1 aliphatic rings. The van der Waals surface area contributed by atoms with Crippen molar-refractivity contribution in [1.29, 1.82) is 0 Å². The van der Waals surface area contributed by atoms with E-state index >= 15 is 0 Å². The van der Waals surface area contributed by atoms with E-state index in [4.69, 9.17) is 0 Å². The van der Waals surface area contributed by atoms with Crippen LogP contribution in [0.1, 0.15) is 21.6 Å². The second kappa shape index (κ2) is 11.3. The Bertz CT molecular complexity index is 1470. The number of carbonyl (C=O) groups is 3. The zero-order chi connectivity index (χ0) is 27.4. The lowest BCUT2D eigenvalue weighted by Gasteiger charge is -2.39. The molecule has 3 aromatic carbocycles. The van der Waals surface area contributed by atoms with E-state index in [2.05, 4.69) is 5.32 Å². The minimum Gasteiger partial charge on any atom is -0.465 e. The maximum absolute atomic E-state index is 14.2. The minimum absolute atomic E-state index is 0.0965. The summed E-state index contributed by atoms with van der Waals surface area (Å²) in [6.07, 6.45) is -1.11. The molecule has 0 spiro atoms. The summed E-state index contributed by atoms with van der Waals surface area (Å²) in [6, 6.07) is 29.8. The molecule has 0 saturated carbocycles. The van der Waals surface area contributed by atoms with E-state index in [-0.39, 0.29) is 32.1 Å². The van der Waals surface area contributed by atoms with Gasteiger partial charge in [0, 0.05) is 31.0 Å². The van der Waals surface area contributed by atoms with Crippen LogP contribution >= 0.6 is 0 Å². The van der Waals surface area contributed by atoms with Gasteiger partial charge in [0.2, 0.25) is 5.91 Å². The number of nitrogens with zero attached hydrogens (tertiary/aromatic N) is 3. The van der Waals surface area contributed by atoms with Crippen molar-refractivity contribution in [3.63, 3.8) is 0 Å². The van der Waals surface area contributed by atoms with Gasteiger partial charge in [-0.2, -0.15) is 0 Å². The molecule has 39 heavy (non-hydrogen) atoms. The number of benzene rings is 3. The van der Waals surface area contributed by atoms with Crippen LogP contribution in [-0.2, 0) is 11.3 Å². The number of piperazine rings is 1. The number of nitrogens with one attached hydrogen (secondary N) is 1. The molecule has 1 unspecified atom stereocenters. The SMILES string of the molecule is Cc1cc(C(=O)N2CCN(C(=O)O)CC2C(=O)NCc2ccccc2)c(-c2ccccc2)n1-c1ccccc1. The third-order valence-electron chi connectivity index (χ3n) is 7.00. The third kappa shape index (κ3) is 5.40. The van der Waals surface area contributed by atoms with Crippen molar-refractivity contribution >= 4 is 17.9 Å². The summed E-state index contributed by atoms with van der Waals surface area (Å²) in [5.74, 6) is -0.699. The van der Waals surface area contributed by atoms with E-state index in [0.29, 0.717) is 5.56 Å². The van der Waals surface area contributed by atoms with Crippen molar-refractivity contribution < 1.29 is 19.5 Å². The van der Waals surface area contributed by atoms with E-state index in [1.807, 2.05) is 109 Å². The molecule has 1 aromatic heterocycles. The first-order valence-electron chi connectivity index (χ1n) is 12.9. The minimum atomic E-state index is -1.11. The molecule has 2 heterocycles. The summed E-state index contributed by atoms with van der Waals surface area (Å²) in [6.45, 7) is 2.37. The van der Waals surface area contributed by atoms with E-state index in [0.717, 1.165) is 28.2 Å². The lowest BCUT2D eigenvalue weighted by Crippen LogP contribution is -2.61. The molecular weight excluding hydrogens is 492 g/mol. The number of carbonyl (C=O) groups excluding carboxylic acids is 2. The number of amides is 3. The summed E-state index contributed by atoms with van der Waals surface area (Å²) in [5, 5.41) is 12.5. The fourth-order valence-electron chi connectivity index (χ4n) is 5.07. The van der Waals surface area contributed by atoms with Crippen molar-refractivity contribution in [2.45, 2.75) is 19.5 Å². The Hall–Kier alpha value is -4.85. The normalized spacial score (nSPS) is 15.2. The van der Waals surface area contributed by atoms with Crippen LogP contribution in [0.3, 0.4) is 0 Å². The molecule has 1 aliphatic heterocycles. The molecule has 0 bridgehead atoms. The van der Waals surface area contributed by atoms with Crippen LogP contribution in [0.2, 0.25) is 0 Å². The highest BCUT2D eigenvalue weighted by atomic mass is 16.4. The second-order valence-electron chi connectivity index (χ2n) is 9.53. The molecule has 3 amide bonds. The molecule has 1 atom stereocenters. The van der Waals surface area contributed by atoms with E-state index in [1.165, 1.54) is 9.80 Å². The first kappa shape index (κ1) is 25.8. The van der Waals surface area contributed by atoms with Gasteiger partial charge in [-0.25, -0.2) is 4.79 Å². The van der Waals surface area contributed by atoms with E-state index in [1.54, 1.807) is 0 Å². The number of aromatic nitrogens is 1. The Morgan fingerprint density at radius 1 is 0.872 bits per heavy atom. The lowest BCUT2D eigenvalue weighted by molar-refractivity contribution is -0.127. The molecule has 1 fully saturated rings. The fourth-order valence-corrected chi connectivity index (χ4v) is 5.07. The van der Waals surface area contributed by atoms with Crippen LogP contribution in [0.5, 0.6) is 0 Å². The summed E-state index contributed by atoms with van der Waals surface area (Å²) < 4.78 is 2.04. The largest absolute Gasteiger partial charge is 0.465 e. The number of carboxylic acid groups (broad SMARTS) is 1. The van der Waals surface area contributed by atoms with Gasteiger partial charge in [0.1, 0.15) is 6.04 Å². The molecule has 5 rings (SSSR count). The number of para-hydroxylation sites is 1. The van der Waals surface area contributed by atoms with Gasteiger partial charge in [-0.15, -0.1) is 0 Å². The van der Waals surface area contributed by atoms with Crippen molar-refractivity contribution in [2.75, 3.05) is 19.6 Å². The van der Waals surface area contributed by atoms with Crippen LogP contribution in [0.4, 0.5) is 4.79 Å². The average molecular weight is 523 g/mol. The van der Waals surface area contributed by atoms with Crippen molar-refractivity contribution in [1.82, 2.24) is 19.7 Å². The van der Waals surface area contributed by atoms with Crippen molar-refractivity contribution in [3.8, 4) is 16.9 Å². The van der Waals surface area contributed by atoms with Crippen molar-refractivity contribution in [3.05, 3.63) is 114 Å². The second-order valence-corrected chi connectivity index (χ2v) is 9.53. The van der Waals surface area contributed by atoms with Crippen LogP contribution in [0, 0.1) is 6.92 Å². The van der Waals surface area contributed by atoms with Gasteiger partial charge >= 0.3 is 6.09 Å². The maximum atomic E-state index is 14.2. The van der Waals surface area contributed by atoms with E-state index < -0.39 is 18.0 Å². The Kier molecular flexibility index (Phi) is 7.45. The van der Waals surface area contributed by atoms with Gasteiger partial charge in [-0.1, -0.05) is 78.9 Å². The molecule has 8 nitrogen and oxygen atoms in total. The highest BCUT2D eigenvalue weighted by Gasteiger charge is 2.38. The number of rotatable bonds is 6. The highest BCUT2D eigenvalue weighted by Crippen LogP contribution is 2.32. The summed E-state index contributed by atoms with van der Waals surface area (Å²) in [4.78, 5) is 42.1. The number of aryl methyl sites for hydroxylation is 1. The molecule has 8 heteroatoms. The summed E-state index contributed by atoms with van der Waals surface area (Å²) in [7, 11) is 0. The molecule has 2 N–H and O–H groups in total. The number of hydrogen-bond acceptors (Lipinski definition) is 3. The maximum Gasteiger partial charge on any atom is 0.407 e. The predicted octanol–water partition coefficient (Wildman–Crippen LogP) is 4.57. The highest BCUT2D eigenvalue weighted by molar-refractivity contribution is 6.03. The molecular formula is C31H30N4O4. The van der Waals surface area contributed by atoms with Gasteiger partial charge in [-0.05, 0) is 36.2 Å². The van der Waals surface area contributed by atoms with Crippen LogP contribution in [0.15, 0.2) is 97.1 Å². The molecule has 4 aromatic rings. The van der Waals surface area contributed by atoms with Gasteiger partial charge in [0.05, 0.1) is 17.8 Å². The Morgan fingerprint density at radius 3 is 2.13 bits per heavy atom. The Morgan fingerprint density at radius 2 is 1.49 bits per heavy atom. The zero-order valence-electron chi connectivity index (χ0n) is 21.7. The quantitative estimate of drug-likeness (QED) is 0.388. The topological polar surface area (TPSA) is 94.9 Å². The molecule has 198 valence electrons. The van der Waals surface area contributed by atoms with Crippen LogP contribution in [0.25, 0.3) is 16.9 Å². The monoisotopic (exact) mass is 522 g/mol. The van der Waals surface area contributed by atoms with Gasteiger partial charge < -0.3 is 24.8 Å². The number of hydrogen-bond donors (Lipinski definition) is 2. The van der Waals surface area contributed by atoms with Gasteiger partial charge in [0.25, 0.3) is 5.91 Å². The first-order valence-corrected chi connectivity index (χ1v) is 12.9. The fraction of sp³-hybridized carbons (Fsp3) is 0.194. The van der Waals surface area contributed by atoms with E-state index in [9.17, 15) is 19.5 Å².